The van der Waals surface area contributed by atoms with Gasteiger partial charge in [-0.2, -0.15) is 52.7 Å². The van der Waals surface area contributed by atoms with Gasteiger partial charge in [0.2, 0.25) is 0 Å². The minimum atomic E-state index is -7.67. The first kappa shape index (κ1) is 28.2. The minimum absolute atomic E-state index is 0.305. The van der Waals surface area contributed by atoms with Gasteiger partial charge in [-0.1, -0.05) is 0 Å². The number of alkyl halides is 12. The molecule has 0 heterocycles. The number of halogens is 12. The van der Waals surface area contributed by atoms with Crippen LogP contribution in [0.4, 0.5) is 52.7 Å². The molecule has 12 heteroatoms. The van der Waals surface area contributed by atoms with Gasteiger partial charge in [0.15, 0.2) is 0 Å². The second kappa shape index (κ2) is 8.19. The van der Waals surface area contributed by atoms with Gasteiger partial charge in [0.1, 0.15) is 0 Å². The molecule has 0 aliphatic carbocycles. The van der Waals surface area contributed by atoms with Crippen LogP contribution in [0.25, 0.3) is 0 Å². The third-order valence-corrected chi connectivity index (χ3v) is 2.33. The van der Waals surface area contributed by atoms with Crippen LogP contribution in [0.15, 0.2) is 0 Å². The normalized spacial score (nSPS) is 13.0. The fourth-order valence-electron chi connectivity index (χ4n) is 0.970. The van der Waals surface area contributed by atoms with Crippen molar-refractivity contribution in [3.63, 3.8) is 0 Å². The van der Waals surface area contributed by atoms with Crippen LogP contribution in [0, 0.1) is 50.4 Å². The Balaban J connectivity index is -0.00000123. The molecule has 0 aromatic heterocycles. The molecule has 0 rings (SSSR count). The highest BCUT2D eigenvalue weighted by atomic mass is 19.4. The summed E-state index contributed by atoms with van der Waals surface area (Å²) < 4.78 is 152. The van der Waals surface area contributed by atoms with Gasteiger partial charge >= 0.3 is 35.5 Å². The summed E-state index contributed by atoms with van der Waals surface area (Å²) in [6.45, 7) is 0. The maximum absolute atomic E-state index is 12.9. The summed E-state index contributed by atoms with van der Waals surface area (Å²) in [6, 6.07) is 0. The molecular weight excluding hydrogens is 396 g/mol. The van der Waals surface area contributed by atoms with E-state index in [1.54, 1.807) is 0 Å². The van der Waals surface area contributed by atoms with Gasteiger partial charge in [0.25, 0.3) is 0 Å². The molecule has 146 valence electrons. The summed E-state index contributed by atoms with van der Waals surface area (Å²) in [5.41, 5.74) is 0. The molecule has 0 N–H and O–H groups in total. The molecule has 0 saturated carbocycles. The Morgan fingerprint density at radius 2 is 0.538 bits per heavy atom. The Bertz CT molecular complexity index is 541. The van der Waals surface area contributed by atoms with Crippen molar-refractivity contribution in [3.05, 3.63) is 0 Å². The van der Waals surface area contributed by atoms with Crippen LogP contribution < -0.4 is 0 Å². The number of terminal acetylenes is 4. The van der Waals surface area contributed by atoms with Gasteiger partial charge in [-0.25, -0.2) is 0 Å². The second-order valence-corrected chi connectivity index (χ2v) is 3.74. The largest absolute Gasteiger partial charge is 0.390 e. The van der Waals surface area contributed by atoms with Crippen LogP contribution >= 0.6 is 0 Å². The van der Waals surface area contributed by atoms with Gasteiger partial charge in [-0.3, -0.25) is 0 Å². The highest BCUT2D eigenvalue weighted by Crippen LogP contribution is 2.59. The quantitative estimate of drug-likeness (QED) is 0.467. The van der Waals surface area contributed by atoms with Crippen molar-refractivity contribution in [2.24, 2.45) is 0 Å². The van der Waals surface area contributed by atoms with E-state index in [1.165, 1.54) is 0 Å². The average molecular weight is 402 g/mol. The van der Waals surface area contributed by atoms with Crippen molar-refractivity contribution >= 4 is 0 Å². The van der Waals surface area contributed by atoms with Gasteiger partial charge < -0.3 is 0 Å². The first-order valence-electron chi connectivity index (χ1n) is 5.26. The zero-order valence-electron chi connectivity index (χ0n) is 12.0. The molecule has 0 aliphatic rings. The van der Waals surface area contributed by atoms with Crippen molar-refractivity contribution in [3.8, 4) is 50.4 Å². The molecule has 26 heavy (non-hydrogen) atoms. The molecule has 0 saturated heterocycles. The van der Waals surface area contributed by atoms with Gasteiger partial charge in [-0.15, -0.1) is 38.5 Å². The third-order valence-electron chi connectivity index (χ3n) is 2.33. The van der Waals surface area contributed by atoms with Crippen molar-refractivity contribution in [1.29, 1.82) is 0 Å². The Morgan fingerprint density at radius 3 is 0.654 bits per heavy atom. The SMILES string of the molecule is C#C.C#C.C#CC(F)(F)C(F)(F)C(F)(F)C(F)(F)C(F)(F)C(F)(F)C#C. The third kappa shape index (κ3) is 3.80. The first-order chi connectivity index (χ1) is 11.4. The lowest BCUT2D eigenvalue weighted by atomic mass is 9.92. The molecule has 0 radical (unpaired) electrons. The van der Waals surface area contributed by atoms with Crippen molar-refractivity contribution in [1.82, 2.24) is 0 Å². The van der Waals surface area contributed by atoms with Crippen molar-refractivity contribution in [2.75, 3.05) is 0 Å². The second-order valence-electron chi connectivity index (χ2n) is 3.74. The van der Waals surface area contributed by atoms with Crippen molar-refractivity contribution < 1.29 is 52.7 Å². The standard InChI is InChI=1S/C10H2F12.2C2H2/c1-3-5(11,12)7(15,16)9(19,20)10(21,22)8(17,18)6(13,14)4-2;2*1-2/h1-2H;2*1-2H. The van der Waals surface area contributed by atoms with E-state index in [4.69, 9.17) is 0 Å². The van der Waals surface area contributed by atoms with Crippen LogP contribution in [-0.4, -0.2) is 35.5 Å². The van der Waals surface area contributed by atoms with E-state index >= 15 is 0 Å². The van der Waals surface area contributed by atoms with E-state index in [9.17, 15) is 52.7 Å². The monoisotopic (exact) mass is 402 g/mol. The minimum Gasteiger partial charge on any atom is -0.192 e. The van der Waals surface area contributed by atoms with E-state index in [2.05, 4.69) is 38.5 Å². The summed E-state index contributed by atoms with van der Waals surface area (Å²) >= 11 is 0. The molecule has 0 bridgehead atoms. The molecule has 0 aromatic rings. The lowest BCUT2D eigenvalue weighted by Crippen LogP contribution is -2.70. The van der Waals surface area contributed by atoms with E-state index in [-0.39, 0.29) is 11.8 Å². The lowest BCUT2D eigenvalue weighted by molar-refractivity contribution is -0.413. The maximum Gasteiger partial charge on any atom is 0.390 e. The molecule has 0 amide bonds. The van der Waals surface area contributed by atoms with Crippen LogP contribution in [-0.2, 0) is 0 Å². The maximum atomic E-state index is 12.9. The molecule has 0 fully saturated rings. The van der Waals surface area contributed by atoms with Crippen LogP contribution in [0.5, 0.6) is 0 Å². The van der Waals surface area contributed by atoms with E-state index in [0.717, 1.165) is 0 Å². The zero-order valence-corrected chi connectivity index (χ0v) is 12.0. The van der Waals surface area contributed by atoms with Gasteiger partial charge in [0.05, 0.1) is 0 Å². The molecular formula is C14H6F12. The first-order valence-corrected chi connectivity index (χ1v) is 5.26. The van der Waals surface area contributed by atoms with E-state index in [0.29, 0.717) is 0 Å². The highest BCUT2D eigenvalue weighted by Gasteiger charge is 2.90. The Morgan fingerprint density at radius 1 is 0.385 bits per heavy atom. The van der Waals surface area contributed by atoms with E-state index in [1.807, 2.05) is 0 Å². The van der Waals surface area contributed by atoms with Crippen LogP contribution in [0.1, 0.15) is 0 Å². The summed E-state index contributed by atoms with van der Waals surface area (Å²) in [7, 11) is 0. The summed E-state index contributed by atoms with van der Waals surface area (Å²) in [5.74, 6) is -43.2. The lowest BCUT2D eigenvalue weighted by Gasteiger charge is -2.39. The molecule has 0 spiro atoms. The Labute approximate surface area is 139 Å². The number of hydrogen-bond acceptors (Lipinski definition) is 0. The smallest absolute Gasteiger partial charge is 0.192 e. The molecule has 0 unspecified atom stereocenters. The summed E-state index contributed by atoms with van der Waals surface area (Å²) in [4.78, 5) is 0. The predicted molar refractivity (Wildman–Crippen MR) is 67.1 cm³/mol. The van der Waals surface area contributed by atoms with Crippen LogP contribution in [0.3, 0.4) is 0 Å². The fourth-order valence-corrected chi connectivity index (χ4v) is 0.970. The molecule has 0 nitrogen and oxygen atoms in total. The molecule has 0 atom stereocenters. The summed E-state index contributed by atoms with van der Waals surface area (Å²) in [6.07, 6.45) is 23.5. The fraction of sp³-hybridized carbons (Fsp3) is 0.429. The summed E-state index contributed by atoms with van der Waals surface area (Å²) in [5, 5.41) is 0. The van der Waals surface area contributed by atoms with Crippen LogP contribution in [0.2, 0.25) is 0 Å². The van der Waals surface area contributed by atoms with Gasteiger partial charge in [-0.05, 0) is 11.8 Å². The molecule has 0 aliphatic heterocycles. The Kier molecular flexibility index (Phi) is 8.88. The topological polar surface area (TPSA) is 0 Å². The highest BCUT2D eigenvalue weighted by molar-refractivity contribution is 5.21. The number of hydrogen-bond donors (Lipinski definition) is 0. The predicted octanol–water partition coefficient (Wildman–Crippen LogP) is 4.56. The average Bonchev–Trinajstić information content (AvgIpc) is 2.57. The zero-order chi connectivity index (χ0) is 22.4. The Hall–Kier alpha value is -2.60. The number of rotatable bonds is 5. The van der Waals surface area contributed by atoms with Gasteiger partial charge in [0, 0.05) is 0 Å². The molecule has 0 aromatic carbocycles. The van der Waals surface area contributed by atoms with E-state index < -0.39 is 35.5 Å². The van der Waals surface area contributed by atoms with Crippen molar-refractivity contribution in [2.45, 2.75) is 35.5 Å².